The summed E-state index contributed by atoms with van der Waals surface area (Å²) in [6.07, 6.45) is -0.577. The van der Waals surface area contributed by atoms with Gasteiger partial charge in [-0.3, -0.25) is 9.59 Å². The molecule has 11 heteroatoms. The second kappa shape index (κ2) is 9.35. The van der Waals surface area contributed by atoms with Crippen LogP contribution in [-0.2, 0) is 24.2 Å². The van der Waals surface area contributed by atoms with Gasteiger partial charge in [0.2, 0.25) is 9.84 Å². The van der Waals surface area contributed by atoms with Gasteiger partial charge in [-0.05, 0) is 22.4 Å². The van der Waals surface area contributed by atoms with Crippen LogP contribution in [0.4, 0.5) is 0 Å². The maximum atomic E-state index is 12.5. The summed E-state index contributed by atoms with van der Waals surface area (Å²) in [5, 5.41) is 14.7. The van der Waals surface area contributed by atoms with Crippen LogP contribution in [0.2, 0.25) is 0 Å². The van der Waals surface area contributed by atoms with Crippen molar-refractivity contribution < 1.29 is 37.2 Å². The van der Waals surface area contributed by atoms with Crippen molar-refractivity contribution in [3.8, 4) is 17.7 Å². The predicted molar refractivity (Wildman–Crippen MR) is 87.3 cm³/mol. The average molecular weight is 394 g/mol. The Balaban J connectivity index is 1.88. The van der Waals surface area contributed by atoms with Crippen LogP contribution in [0.5, 0.6) is 5.88 Å². The lowest BCUT2D eigenvalue weighted by molar-refractivity contribution is -0.146. The number of carboxylic acid groups (broad SMARTS) is 1. The van der Waals surface area contributed by atoms with Gasteiger partial charge in [0.15, 0.2) is 13.2 Å². The molecule has 0 saturated carbocycles. The van der Waals surface area contributed by atoms with E-state index in [4.69, 9.17) is 14.6 Å². The van der Waals surface area contributed by atoms with Crippen LogP contribution in [-0.4, -0.2) is 49.0 Å². The maximum absolute atomic E-state index is 12.5. The summed E-state index contributed by atoms with van der Waals surface area (Å²) < 4.78 is 39.2. The number of carbonyl (C=O) groups is 2. The minimum absolute atomic E-state index is 0.00454. The van der Waals surface area contributed by atoms with E-state index in [9.17, 15) is 18.0 Å². The van der Waals surface area contributed by atoms with Crippen LogP contribution in [0.15, 0.2) is 44.9 Å². The first-order valence-corrected chi connectivity index (χ1v) is 8.98. The van der Waals surface area contributed by atoms with E-state index >= 15 is 0 Å². The van der Waals surface area contributed by atoms with Gasteiger partial charge in [-0.1, -0.05) is 30.0 Å². The zero-order chi connectivity index (χ0) is 19.7. The Morgan fingerprint density at radius 1 is 1.07 bits per heavy atom. The van der Waals surface area contributed by atoms with Gasteiger partial charge in [0.1, 0.15) is 0 Å². The van der Waals surface area contributed by atoms with Crippen molar-refractivity contribution in [1.82, 2.24) is 10.3 Å². The topological polar surface area (TPSA) is 146 Å². The van der Waals surface area contributed by atoms with Gasteiger partial charge in [-0.2, -0.15) is 0 Å². The van der Waals surface area contributed by atoms with Gasteiger partial charge in [0.05, 0.1) is 17.7 Å². The van der Waals surface area contributed by atoms with Crippen molar-refractivity contribution in [3.63, 3.8) is 0 Å². The van der Waals surface area contributed by atoms with Crippen molar-refractivity contribution in [2.45, 2.75) is 22.8 Å². The highest BCUT2D eigenvalue weighted by Gasteiger charge is 2.28. The molecule has 0 aliphatic carbocycles. The number of aliphatic carboxylic acids is 1. The summed E-state index contributed by atoms with van der Waals surface area (Å²) in [7, 11) is -3.96. The van der Waals surface area contributed by atoms with E-state index in [1.807, 2.05) is 0 Å². The predicted octanol–water partition coefficient (Wildman–Crippen LogP) is 0.693. The van der Waals surface area contributed by atoms with Crippen molar-refractivity contribution in [3.05, 3.63) is 30.3 Å². The van der Waals surface area contributed by atoms with Crippen LogP contribution in [0.1, 0.15) is 12.8 Å². The highest BCUT2D eigenvalue weighted by molar-refractivity contribution is 7.91. The summed E-state index contributed by atoms with van der Waals surface area (Å²) in [4.78, 5) is 21.5. The Labute approximate surface area is 154 Å². The van der Waals surface area contributed by atoms with Crippen LogP contribution in [0, 0.1) is 11.8 Å². The molecule has 1 N–H and O–H groups in total. The molecule has 142 valence electrons. The average Bonchev–Trinajstić information content (AvgIpc) is 3.13. The summed E-state index contributed by atoms with van der Waals surface area (Å²) in [5.41, 5.74) is 0. The number of nitrogens with zero attached hydrogens (tertiary/aromatic N) is 2. The molecule has 0 atom stereocenters. The third kappa shape index (κ3) is 5.82. The summed E-state index contributed by atoms with van der Waals surface area (Å²) in [6, 6.07) is 7.58. The largest absolute Gasteiger partial charge is 0.481 e. The fourth-order valence-electron chi connectivity index (χ4n) is 1.74. The number of carboxylic acids is 1. The molecule has 0 aliphatic heterocycles. The van der Waals surface area contributed by atoms with Gasteiger partial charge in [-0.25, -0.2) is 13.0 Å². The van der Waals surface area contributed by atoms with E-state index in [0.717, 1.165) is 0 Å². The minimum Gasteiger partial charge on any atom is -0.481 e. The van der Waals surface area contributed by atoms with Crippen LogP contribution in [0.25, 0.3) is 0 Å². The van der Waals surface area contributed by atoms with Gasteiger partial charge in [0, 0.05) is 0 Å². The molecule has 27 heavy (non-hydrogen) atoms. The molecule has 2 aromatic rings. The van der Waals surface area contributed by atoms with Crippen LogP contribution < -0.4 is 4.74 Å². The summed E-state index contributed by atoms with van der Waals surface area (Å²) in [5.74, 6) is 2.82. The molecule has 2 rings (SSSR count). The zero-order valence-electron chi connectivity index (χ0n) is 13.8. The molecule has 0 aliphatic rings. The van der Waals surface area contributed by atoms with Crippen molar-refractivity contribution in [2.24, 2.45) is 0 Å². The van der Waals surface area contributed by atoms with E-state index in [-0.39, 0.29) is 36.8 Å². The fourth-order valence-corrected chi connectivity index (χ4v) is 2.94. The van der Waals surface area contributed by atoms with E-state index in [0.29, 0.717) is 0 Å². The number of aromatic nitrogens is 2. The van der Waals surface area contributed by atoms with Gasteiger partial charge in [-0.15, -0.1) is 0 Å². The minimum atomic E-state index is -3.96. The lowest BCUT2D eigenvalue weighted by atomic mass is 10.3. The second-order valence-corrected chi connectivity index (χ2v) is 6.75. The Hall–Kier alpha value is -3.39. The fraction of sp³-hybridized carbons (Fsp3) is 0.250. The lowest BCUT2D eigenvalue weighted by Crippen LogP contribution is -2.08. The first kappa shape index (κ1) is 19.9. The highest BCUT2D eigenvalue weighted by atomic mass is 32.2. The highest BCUT2D eigenvalue weighted by Crippen LogP contribution is 2.25. The molecule has 10 nitrogen and oxygen atoms in total. The molecule has 1 aromatic carbocycles. The quantitative estimate of drug-likeness (QED) is 0.501. The smallest absolute Gasteiger partial charge is 0.307 e. The standard InChI is InChI=1S/C16H14N2O8S/c19-13(20)8-9-14(21)24-10-4-5-11-25-15-16(18-26-17-15)27(22,23)12-6-2-1-3-7-12/h1-3,6-7H,8-11H2,(H,19,20). The van der Waals surface area contributed by atoms with E-state index < -0.39 is 26.8 Å². The maximum Gasteiger partial charge on any atom is 0.307 e. The Morgan fingerprint density at radius 2 is 1.78 bits per heavy atom. The Morgan fingerprint density at radius 3 is 2.48 bits per heavy atom. The number of ether oxygens (including phenoxy) is 2. The number of hydrogen-bond acceptors (Lipinski definition) is 9. The molecular weight excluding hydrogens is 380 g/mol. The second-order valence-electron chi connectivity index (χ2n) is 4.89. The first-order chi connectivity index (χ1) is 12.9. The molecular formula is C16H14N2O8S. The number of benzene rings is 1. The molecule has 0 amide bonds. The molecule has 1 aromatic heterocycles. The monoisotopic (exact) mass is 394 g/mol. The van der Waals surface area contributed by atoms with Gasteiger partial charge in [0.25, 0.3) is 10.9 Å². The van der Waals surface area contributed by atoms with Crippen molar-refractivity contribution in [2.75, 3.05) is 13.2 Å². The number of esters is 1. The Kier molecular flexibility index (Phi) is 6.90. The SMILES string of the molecule is O=C(O)CCC(=O)OCC#CCOc1nonc1S(=O)(=O)c1ccccc1. The van der Waals surface area contributed by atoms with Crippen molar-refractivity contribution in [1.29, 1.82) is 0 Å². The normalized spacial score (nSPS) is 10.5. The number of sulfone groups is 1. The summed E-state index contributed by atoms with van der Waals surface area (Å²) >= 11 is 0. The summed E-state index contributed by atoms with van der Waals surface area (Å²) in [6.45, 7) is -0.508. The number of rotatable bonds is 8. The number of carbonyl (C=O) groups excluding carboxylic acids is 1. The van der Waals surface area contributed by atoms with Gasteiger partial charge < -0.3 is 14.6 Å². The Bertz CT molecular complexity index is 957. The third-order valence-electron chi connectivity index (χ3n) is 2.99. The molecule has 0 unspecified atom stereocenters. The van der Waals surface area contributed by atoms with E-state index in [1.165, 1.54) is 12.1 Å². The van der Waals surface area contributed by atoms with E-state index in [1.54, 1.807) is 18.2 Å². The van der Waals surface area contributed by atoms with Crippen LogP contribution >= 0.6 is 0 Å². The molecule has 0 spiro atoms. The molecule has 0 saturated heterocycles. The molecule has 0 radical (unpaired) electrons. The molecule has 1 heterocycles. The zero-order valence-corrected chi connectivity index (χ0v) is 14.6. The van der Waals surface area contributed by atoms with Gasteiger partial charge >= 0.3 is 11.9 Å². The van der Waals surface area contributed by atoms with Crippen molar-refractivity contribution >= 4 is 21.8 Å². The molecule has 0 fully saturated rings. The first-order valence-electron chi connectivity index (χ1n) is 7.50. The number of hydrogen-bond donors (Lipinski definition) is 1. The lowest BCUT2D eigenvalue weighted by Gasteiger charge is -2.02. The third-order valence-corrected chi connectivity index (χ3v) is 4.64. The van der Waals surface area contributed by atoms with Crippen LogP contribution in [0.3, 0.4) is 0 Å². The van der Waals surface area contributed by atoms with E-state index in [2.05, 4.69) is 26.8 Å². The molecule has 0 bridgehead atoms.